The van der Waals surface area contributed by atoms with Crippen molar-refractivity contribution in [1.29, 1.82) is 0 Å². The smallest absolute Gasteiger partial charge is 0.412 e. The summed E-state index contributed by atoms with van der Waals surface area (Å²) in [5.74, 6) is 0. The maximum absolute atomic E-state index is 13.0. The summed E-state index contributed by atoms with van der Waals surface area (Å²) in [6.45, 7) is 0.863. The van der Waals surface area contributed by atoms with E-state index in [1.165, 1.54) is 36.1 Å². The molecule has 3 rings (SSSR count). The van der Waals surface area contributed by atoms with Gasteiger partial charge in [-0.15, -0.1) is 0 Å². The predicted octanol–water partition coefficient (Wildman–Crippen LogP) is 0.695. The summed E-state index contributed by atoms with van der Waals surface area (Å²) in [4.78, 5) is 38.3. The molecule has 188 valence electrons. The van der Waals surface area contributed by atoms with Crippen LogP contribution in [0.15, 0.2) is 24.3 Å². The second kappa shape index (κ2) is 8.99. The van der Waals surface area contributed by atoms with Gasteiger partial charge in [-0.05, 0) is 24.6 Å². The maximum Gasteiger partial charge on any atom is 0.412 e. The molecule has 0 N–H and O–H groups in total. The molecule has 0 saturated carbocycles. The van der Waals surface area contributed by atoms with Gasteiger partial charge in [0.1, 0.15) is 12.3 Å². The Hall–Kier alpha value is -2.98. The zero-order valence-corrected chi connectivity index (χ0v) is 20.2. The summed E-state index contributed by atoms with van der Waals surface area (Å²) in [5, 5.41) is 10.8. The number of non-ortho nitro benzene ring substituents is 1. The Balaban J connectivity index is 1.82. The van der Waals surface area contributed by atoms with Crippen molar-refractivity contribution in [3.63, 3.8) is 0 Å². The summed E-state index contributed by atoms with van der Waals surface area (Å²) in [5.41, 5.74) is -1.10. The average molecular weight is 521 g/mol. The number of likely N-dealkylation sites (tertiary alicyclic amines) is 1. The minimum absolute atomic E-state index is 0.0276. The number of hydrogen-bond acceptors (Lipinski definition) is 10. The van der Waals surface area contributed by atoms with E-state index in [0.717, 1.165) is 17.4 Å². The molecule has 0 radical (unpaired) electrons. The molecule has 1 aromatic rings. The molecule has 34 heavy (non-hydrogen) atoms. The first-order valence-corrected chi connectivity index (χ1v) is 13.6. The second-order valence-corrected chi connectivity index (χ2v) is 11.7. The third-order valence-corrected chi connectivity index (χ3v) is 7.34. The lowest BCUT2D eigenvalue weighted by atomic mass is 10.1. The molecule has 3 amide bonds. The van der Waals surface area contributed by atoms with Crippen molar-refractivity contribution >= 4 is 38.0 Å². The second-order valence-electron chi connectivity index (χ2n) is 8.20. The molecule has 14 nitrogen and oxygen atoms in total. The van der Waals surface area contributed by atoms with Crippen LogP contribution in [0.5, 0.6) is 0 Å². The fourth-order valence-corrected chi connectivity index (χ4v) is 5.47. The van der Waals surface area contributed by atoms with E-state index in [9.17, 15) is 36.5 Å². The monoisotopic (exact) mass is 520 g/mol. The van der Waals surface area contributed by atoms with Crippen LogP contribution < -0.4 is 0 Å². The van der Waals surface area contributed by atoms with Crippen LogP contribution in [0.2, 0.25) is 0 Å². The van der Waals surface area contributed by atoms with E-state index in [-0.39, 0.29) is 38.3 Å². The first-order valence-electron chi connectivity index (χ1n) is 9.97. The molecule has 2 aliphatic rings. The first-order chi connectivity index (χ1) is 15.6. The molecule has 1 aromatic carbocycles. The van der Waals surface area contributed by atoms with Crippen LogP contribution in [-0.4, -0.2) is 91.9 Å². The summed E-state index contributed by atoms with van der Waals surface area (Å²) in [6, 6.07) is 4.48. The highest BCUT2D eigenvalue weighted by atomic mass is 32.2. The van der Waals surface area contributed by atoms with Crippen molar-refractivity contribution in [2.75, 3.05) is 32.1 Å². The van der Waals surface area contributed by atoms with Gasteiger partial charge in [0.25, 0.3) is 15.8 Å². The number of benzene rings is 1. The van der Waals surface area contributed by atoms with Gasteiger partial charge in [-0.25, -0.2) is 22.3 Å². The molecule has 0 bridgehead atoms. The quantitative estimate of drug-likeness (QED) is 0.283. The third-order valence-electron chi connectivity index (χ3n) is 5.58. The van der Waals surface area contributed by atoms with Crippen molar-refractivity contribution < 1.29 is 40.3 Å². The molecular formula is C18H24N4O10S2. The van der Waals surface area contributed by atoms with Gasteiger partial charge >= 0.3 is 12.1 Å². The van der Waals surface area contributed by atoms with Gasteiger partial charge in [0.05, 0.1) is 36.6 Å². The lowest BCUT2D eigenvalue weighted by Crippen LogP contribution is -2.58. The molecule has 0 aliphatic carbocycles. The van der Waals surface area contributed by atoms with Crippen LogP contribution in [0.1, 0.15) is 18.9 Å². The van der Waals surface area contributed by atoms with Gasteiger partial charge in [-0.3, -0.25) is 24.1 Å². The normalized spacial score (nSPS) is 23.4. The third kappa shape index (κ3) is 5.39. The van der Waals surface area contributed by atoms with E-state index >= 15 is 0 Å². The van der Waals surface area contributed by atoms with E-state index in [2.05, 4.69) is 0 Å². The minimum atomic E-state index is -3.89. The number of hydrogen-bond donors (Lipinski definition) is 0. The summed E-state index contributed by atoms with van der Waals surface area (Å²) in [6.07, 6.45) is -0.252. The van der Waals surface area contributed by atoms with Crippen LogP contribution in [0.25, 0.3) is 0 Å². The van der Waals surface area contributed by atoms with E-state index in [4.69, 9.17) is 8.92 Å². The number of carbonyl (C=O) groups is 2. The summed E-state index contributed by atoms with van der Waals surface area (Å²) in [7, 11) is -7.73. The predicted molar refractivity (Wildman–Crippen MR) is 116 cm³/mol. The highest BCUT2D eigenvalue weighted by Gasteiger charge is 2.55. The standard InChI is InChI=1S/C18H24N4O10S2/c1-18(19-8-9-21(16(19)23)33(2,27)28)10-15(32-34(3,29)30)11-20(18)17(24)31-12-13-4-6-14(7-5-13)22(25)26/h4-7,15H,8-12H2,1-3H3/t15-,18+/m1/s1. The lowest BCUT2D eigenvalue weighted by molar-refractivity contribution is -0.384. The van der Waals surface area contributed by atoms with Crippen LogP contribution >= 0.6 is 0 Å². The Kier molecular flexibility index (Phi) is 6.78. The lowest BCUT2D eigenvalue weighted by Gasteiger charge is -2.41. The van der Waals surface area contributed by atoms with Crippen LogP contribution in [0, 0.1) is 10.1 Å². The topological polar surface area (TPSA) is 174 Å². The van der Waals surface area contributed by atoms with Crippen LogP contribution in [0.4, 0.5) is 15.3 Å². The fourth-order valence-electron chi connectivity index (χ4n) is 4.05. The average Bonchev–Trinajstić information content (AvgIpc) is 3.25. The van der Waals surface area contributed by atoms with Gasteiger partial charge in [0, 0.05) is 25.1 Å². The van der Waals surface area contributed by atoms with Gasteiger partial charge < -0.3 is 4.74 Å². The fraction of sp³-hybridized carbons (Fsp3) is 0.556. The number of urea groups is 1. The molecule has 0 aromatic heterocycles. The van der Waals surface area contributed by atoms with Gasteiger partial charge in [0.2, 0.25) is 10.0 Å². The summed E-state index contributed by atoms with van der Waals surface area (Å²) < 4.78 is 58.2. The minimum Gasteiger partial charge on any atom is -0.444 e. The Labute approximate surface area is 196 Å². The van der Waals surface area contributed by atoms with Gasteiger partial charge in [0.15, 0.2) is 0 Å². The highest BCUT2D eigenvalue weighted by Crippen LogP contribution is 2.38. The number of nitro benzene ring substituents is 1. The SMILES string of the molecule is C[C@@]1(N2CCN(S(C)(=O)=O)C2=O)C[C@@H](OS(C)(=O)=O)CN1C(=O)OCc1ccc([N+](=O)[O-])cc1. The van der Waals surface area contributed by atoms with Gasteiger partial charge in [-0.1, -0.05) is 0 Å². The summed E-state index contributed by atoms with van der Waals surface area (Å²) >= 11 is 0. The Morgan fingerprint density at radius 3 is 2.29 bits per heavy atom. The number of sulfonamides is 1. The van der Waals surface area contributed by atoms with Crippen molar-refractivity contribution in [1.82, 2.24) is 14.1 Å². The Morgan fingerprint density at radius 1 is 1.18 bits per heavy atom. The van der Waals surface area contributed by atoms with E-state index < -0.39 is 49.0 Å². The molecule has 0 spiro atoms. The molecule has 2 aliphatic heterocycles. The highest BCUT2D eigenvalue weighted by molar-refractivity contribution is 7.88. The van der Waals surface area contributed by atoms with Crippen LogP contribution in [0.3, 0.4) is 0 Å². The molecule has 0 unspecified atom stereocenters. The Morgan fingerprint density at radius 2 is 1.79 bits per heavy atom. The largest absolute Gasteiger partial charge is 0.444 e. The molecule has 2 fully saturated rings. The van der Waals surface area contributed by atoms with E-state index in [1.807, 2.05) is 0 Å². The Bertz CT molecular complexity index is 1200. The zero-order valence-electron chi connectivity index (χ0n) is 18.6. The van der Waals surface area contributed by atoms with Crippen LogP contribution in [-0.2, 0) is 35.7 Å². The van der Waals surface area contributed by atoms with E-state index in [0.29, 0.717) is 9.87 Å². The molecule has 2 atom stereocenters. The first kappa shape index (κ1) is 25.6. The van der Waals surface area contributed by atoms with Crippen molar-refractivity contribution in [3.8, 4) is 0 Å². The molecular weight excluding hydrogens is 496 g/mol. The zero-order chi connectivity index (χ0) is 25.5. The number of nitro groups is 1. The number of carbonyl (C=O) groups excluding carboxylic acids is 2. The number of rotatable bonds is 7. The number of amides is 3. The maximum atomic E-state index is 13.0. The number of nitrogens with zero attached hydrogens (tertiary/aromatic N) is 4. The van der Waals surface area contributed by atoms with E-state index in [1.54, 1.807) is 0 Å². The number of ether oxygens (including phenoxy) is 1. The van der Waals surface area contributed by atoms with Crippen molar-refractivity contribution in [3.05, 3.63) is 39.9 Å². The van der Waals surface area contributed by atoms with Gasteiger partial charge in [-0.2, -0.15) is 8.42 Å². The van der Waals surface area contributed by atoms with Crippen molar-refractivity contribution in [2.24, 2.45) is 0 Å². The molecule has 2 heterocycles. The molecule has 2 saturated heterocycles. The van der Waals surface area contributed by atoms with Crippen molar-refractivity contribution in [2.45, 2.75) is 31.7 Å². The molecule has 16 heteroatoms.